The van der Waals surface area contributed by atoms with Gasteiger partial charge in [0.05, 0.1) is 6.54 Å². The van der Waals surface area contributed by atoms with Gasteiger partial charge < -0.3 is 20.2 Å². The Morgan fingerprint density at radius 3 is 2.40 bits per heavy atom. The van der Waals surface area contributed by atoms with Crippen LogP contribution in [-0.2, 0) is 17.9 Å². The van der Waals surface area contributed by atoms with Gasteiger partial charge in [-0.1, -0.05) is 12.1 Å². The monoisotopic (exact) mass is 431 g/mol. The standard InChI is InChI=1S/C22H26FN3O3S/c1-22(2,29)20(27)25-9-7-15(8-10-25)14-3-5-17(6-4-14)24-21(28)26-12-16-11-19(23)30-18(16)13-26/h3-6,11,15,29H,7-10,12-13H2,1-2H3,(H,24,28). The highest BCUT2D eigenvalue weighted by atomic mass is 32.1. The van der Waals surface area contributed by atoms with Crippen molar-refractivity contribution in [3.63, 3.8) is 0 Å². The van der Waals surface area contributed by atoms with E-state index in [1.165, 1.54) is 25.5 Å². The Morgan fingerprint density at radius 2 is 1.80 bits per heavy atom. The predicted molar refractivity (Wildman–Crippen MR) is 114 cm³/mol. The Kier molecular flexibility index (Phi) is 5.55. The molecule has 2 N–H and O–H groups in total. The van der Waals surface area contributed by atoms with Crippen LogP contribution in [0.1, 0.15) is 48.6 Å². The molecule has 1 saturated heterocycles. The third-order valence-electron chi connectivity index (χ3n) is 5.79. The van der Waals surface area contributed by atoms with Gasteiger partial charge >= 0.3 is 6.03 Å². The second-order valence-corrected chi connectivity index (χ2v) is 9.62. The lowest BCUT2D eigenvalue weighted by atomic mass is 9.89. The quantitative estimate of drug-likeness (QED) is 0.774. The molecule has 0 saturated carbocycles. The molecule has 1 fully saturated rings. The van der Waals surface area contributed by atoms with E-state index in [1.54, 1.807) is 9.80 Å². The molecule has 0 unspecified atom stereocenters. The Hall–Kier alpha value is -2.45. The van der Waals surface area contributed by atoms with Crippen LogP contribution in [0.2, 0.25) is 0 Å². The fourth-order valence-electron chi connectivity index (χ4n) is 4.12. The van der Waals surface area contributed by atoms with Crippen molar-refractivity contribution in [2.75, 3.05) is 18.4 Å². The number of urea groups is 1. The third kappa shape index (κ3) is 4.34. The van der Waals surface area contributed by atoms with E-state index in [1.807, 2.05) is 24.3 Å². The van der Waals surface area contributed by atoms with Crippen LogP contribution in [0.15, 0.2) is 30.3 Å². The zero-order valence-electron chi connectivity index (χ0n) is 17.2. The number of fused-ring (bicyclic) bond motifs is 1. The summed E-state index contributed by atoms with van der Waals surface area (Å²) in [7, 11) is 0. The Morgan fingerprint density at radius 1 is 1.13 bits per heavy atom. The van der Waals surface area contributed by atoms with Crippen LogP contribution in [0.3, 0.4) is 0 Å². The number of carbonyl (C=O) groups is 2. The van der Waals surface area contributed by atoms with Gasteiger partial charge in [-0.2, -0.15) is 4.39 Å². The van der Waals surface area contributed by atoms with Crippen LogP contribution >= 0.6 is 11.3 Å². The molecule has 0 aliphatic carbocycles. The number of piperidine rings is 1. The van der Waals surface area contributed by atoms with Crippen LogP contribution in [0.5, 0.6) is 0 Å². The molecule has 0 radical (unpaired) electrons. The van der Waals surface area contributed by atoms with Gasteiger partial charge in [0.1, 0.15) is 5.60 Å². The number of hydrogen-bond acceptors (Lipinski definition) is 4. The molecule has 0 atom stereocenters. The number of anilines is 1. The summed E-state index contributed by atoms with van der Waals surface area (Å²) in [6, 6.07) is 9.14. The minimum atomic E-state index is -1.33. The number of carbonyl (C=O) groups excluding carboxylic acids is 2. The number of benzene rings is 1. The smallest absolute Gasteiger partial charge is 0.322 e. The van der Waals surface area contributed by atoms with Crippen LogP contribution in [-0.4, -0.2) is 45.5 Å². The number of aliphatic hydroxyl groups is 1. The van der Waals surface area contributed by atoms with Gasteiger partial charge in [-0.25, -0.2) is 4.79 Å². The molecule has 1 aromatic carbocycles. The molecule has 0 spiro atoms. The first-order valence-corrected chi connectivity index (χ1v) is 11.0. The molecular formula is C22H26FN3O3S. The third-order valence-corrected chi connectivity index (χ3v) is 6.74. The number of likely N-dealkylation sites (tertiary alicyclic amines) is 1. The number of nitrogens with one attached hydrogen (secondary N) is 1. The lowest BCUT2D eigenvalue weighted by Gasteiger charge is -2.35. The second-order valence-electron chi connectivity index (χ2n) is 8.53. The highest BCUT2D eigenvalue weighted by Gasteiger charge is 2.32. The van der Waals surface area contributed by atoms with E-state index >= 15 is 0 Å². The molecule has 2 aliphatic rings. The average molecular weight is 432 g/mol. The van der Waals surface area contributed by atoms with Crippen molar-refractivity contribution in [2.24, 2.45) is 0 Å². The van der Waals surface area contributed by atoms with Crippen LogP contribution in [0, 0.1) is 5.13 Å². The SMILES string of the molecule is CC(C)(O)C(=O)N1CCC(c2ccc(NC(=O)N3Cc4cc(F)sc4C3)cc2)CC1. The molecule has 2 aliphatic heterocycles. The van der Waals surface area contributed by atoms with Crippen molar-refractivity contribution < 1.29 is 19.1 Å². The fourth-order valence-corrected chi connectivity index (χ4v) is 5.03. The van der Waals surface area contributed by atoms with Crippen molar-refractivity contribution in [3.05, 3.63) is 51.5 Å². The summed E-state index contributed by atoms with van der Waals surface area (Å²) < 4.78 is 13.3. The average Bonchev–Trinajstić information content (AvgIpc) is 3.25. The van der Waals surface area contributed by atoms with Gasteiger partial charge in [0.15, 0.2) is 5.13 Å². The van der Waals surface area contributed by atoms with Crippen LogP contribution in [0.4, 0.5) is 14.9 Å². The molecule has 160 valence electrons. The summed E-state index contributed by atoms with van der Waals surface area (Å²) in [5.74, 6) is 0.128. The van der Waals surface area contributed by atoms with E-state index in [2.05, 4.69) is 5.32 Å². The maximum absolute atomic E-state index is 13.3. The minimum absolute atomic E-state index is 0.190. The lowest BCUT2D eigenvalue weighted by molar-refractivity contribution is -0.148. The molecule has 6 nitrogen and oxygen atoms in total. The zero-order chi connectivity index (χ0) is 21.5. The number of hydrogen-bond donors (Lipinski definition) is 2. The number of thiophene rings is 1. The molecule has 1 aromatic heterocycles. The van der Waals surface area contributed by atoms with E-state index in [-0.39, 0.29) is 17.1 Å². The summed E-state index contributed by atoms with van der Waals surface area (Å²) >= 11 is 1.10. The molecular weight excluding hydrogens is 405 g/mol. The maximum Gasteiger partial charge on any atom is 0.322 e. The highest BCUT2D eigenvalue weighted by molar-refractivity contribution is 7.10. The van der Waals surface area contributed by atoms with Crippen molar-refractivity contribution in [1.82, 2.24) is 9.80 Å². The van der Waals surface area contributed by atoms with E-state index in [0.29, 0.717) is 32.1 Å². The maximum atomic E-state index is 13.3. The highest BCUT2D eigenvalue weighted by Crippen LogP contribution is 2.32. The van der Waals surface area contributed by atoms with Crippen LogP contribution in [0.25, 0.3) is 0 Å². The van der Waals surface area contributed by atoms with E-state index in [9.17, 15) is 19.1 Å². The van der Waals surface area contributed by atoms with Crippen molar-refractivity contribution >= 4 is 29.0 Å². The molecule has 30 heavy (non-hydrogen) atoms. The van der Waals surface area contributed by atoms with E-state index < -0.39 is 5.60 Å². The van der Waals surface area contributed by atoms with Gasteiger partial charge in [0.25, 0.3) is 5.91 Å². The Balaban J connectivity index is 1.30. The fraction of sp³-hybridized carbons (Fsp3) is 0.455. The summed E-state index contributed by atoms with van der Waals surface area (Å²) in [4.78, 5) is 29.0. The number of halogens is 1. The van der Waals surface area contributed by atoms with E-state index in [0.717, 1.165) is 40.3 Å². The number of amides is 3. The molecule has 8 heteroatoms. The second kappa shape index (κ2) is 8.00. The number of nitrogens with zero attached hydrogens (tertiary/aromatic N) is 2. The predicted octanol–water partition coefficient (Wildman–Crippen LogP) is 3.91. The first-order valence-electron chi connectivity index (χ1n) is 10.2. The summed E-state index contributed by atoms with van der Waals surface area (Å²) in [6.07, 6.45) is 1.69. The van der Waals surface area contributed by atoms with Gasteiger partial charge in [0, 0.05) is 30.2 Å². The zero-order valence-corrected chi connectivity index (χ0v) is 18.0. The first-order chi connectivity index (χ1) is 14.2. The Bertz CT molecular complexity index is 920. The summed E-state index contributed by atoms with van der Waals surface area (Å²) in [5.41, 5.74) is 1.46. The Labute approximate surface area is 179 Å². The van der Waals surface area contributed by atoms with Gasteiger partial charge in [0.2, 0.25) is 0 Å². The van der Waals surface area contributed by atoms with Crippen LogP contribution < -0.4 is 5.32 Å². The van der Waals surface area contributed by atoms with Crippen molar-refractivity contribution in [3.8, 4) is 0 Å². The molecule has 3 amide bonds. The lowest BCUT2D eigenvalue weighted by Crippen LogP contribution is -2.48. The molecule has 0 bridgehead atoms. The molecule has 4 rings (SSSR count). The van der Waals surface area contributed by atoms with Gasteiger partial charge in [-0.15, -0.1) is 11.3 Å². The molecule has 2 aromatic rings. The van der Waals surface area contributed by atoms with Crippen molar-refractivity contribution in [2.45, 2.75) is 51.3 Å². The summed E-state index contributed by atoms with van der Waals surface area (Å²) in [5, 5.41) is 12.6. The van der Waals surface area contributed by atoms with Gasteiger partial charge in [-0.05, 0) is 61.9 Å². The molecule has 3 heterocycles. The topological polar surface area (TPSA) is 72.9 Å². The van der Waals surface area contributed by atoms with E-state index in [4.69, 9.17) is 0 Å². The van der Waals surface area contributed by atoms with Gasteiger partial charge in [-0.3, -0.25) is 4.79 Å². The number of rotatable bonds is 3. The minimum Gasteiger partial charge on any atom is -0.381 e. The van der Waals surface area contributed by atoms with Crippen molar-refractivity contribution in [1.29, 1.82) is 0 Å². The normalized spacial score (nSPS) is 17.2. The largest absolute Gasteiger partial charge is 0.381 e. The first kappa shape index (κ1) is 20.8. The summed E-state index contributed by atoms with van der Waals surface area (Å²) in [6.45, 7) is 5.18.